The summed E-state index contributed by atoms with van der Waals surface area (Å²) in [6.45, 7) is 8.49. The summed E-state index contributed by atoms with van der Waals surface area (Å²) in [6, 6.07) is 9.33. The molecule has 7 rings (SSSR count). The van der Waals surface area contributed by atoms with Crippen molar-refractivity contribution < 1.29 is 14.2 Å². The summed E-state index contributed by atoms with van der Waals surface area (Å²) in [5, 5.41) is 0. The van der Waals surface area contributed by atoms with Gasteiger partial charge in [-0.15, -0.1) is 0 Å². The number of anilines is 1. The topological polar surface area (TPSA) is 95.6 Å². The summed E-state index contributed by atoms with van der Waals surface area (Å²) in [7, 11) is 1.98. The van der Waals surface area contributed by atoms with Crippen molar-refractivity contribution in [3.63, 3.8) is 0 Å². The maximum atomic E-state index is 6.42. The smallest absolute Gasteiger partial charge is 0.298 e. The molecule has 11 nitrogen and oxygen atoms in total. The molecule has 3 fully saturated rings. The molecule has 0 spiro atoms. The van der Waals surface area contributed by atoms with E-state index in [0.717, 1.165) is 92.5 Å². The highest BCUT2D eigenvalue weighted by atomic mass is 16.5. The average molecular weight is 519 g/mol. The lowest BCUT2D eigenvalue weighted by atomic mass is 10.0. The number of benzene rings is 1. The molecule has 200 valence electrons. The van der Waals surface area contributed by atoms with Gasteiger partial charge in [-0.2, -0.15) is 15.0 Å². The Kier molecular flexibility index (Phi) is 6.13. The minimum atomic E-state index is 0.122. The number of ether oxygens (including phenoxy) is 3. The number of aryl methyl sites for hydroxylation is 2. The van der Waals surface area contributed by atoms with Crippen molar-refractivity contribution in [1.29, 1.82) is 0 Å². The van der Waals surface area contributed by atoms with E-state index in [0.29, 0.717) is 31.2 Å². The number of likely N-dealkylation sites (tertiary alicyclic amines) is 1. The normalized spacial score (nSPS) is 19.9. The van der Waals surface area contributed by atoms with Gasteiger partial charge in [0.1, 0.15) is 11.9 Å². The van der Waals surface area contributed by atoms with E-state index in [4.69, 9.17) is 34.1 Å². The van der Waals surface area contributed by atoms with Crippen LogP contribution in [0.3, 0.4) is 0 Å². The van der Waals surface area contributed by atoms with Gasteiger partial charge in [0.25, 0.3) is 6.01 Å². The fourth-order valence-electron chi connectivity index (χ4n) is 5.79. The molecule has 38 heavy (non-hydrogen) atoms. The van der Waals surface area contributed by atoms with Crippen LogP contribution in [0.2, 0.25) is 0 Å². The SMILES string of the molecule is CCc1nc2ccccc2n1-c1nc(N2CCOCC2)c2nc(OC3CN(C4CCOCC4)C3)n(C)c2n1. The molecule has 1 aromatic carbocycles. The fourth-order valence-corrected chi connectivity index (χ4v) is 5.79. The van der Waals surface area contributed by atoms with Gasteiger partial charge in [0, 0.05) is 58.9 Å². The Morgan fingerprint density at radius 2 is 1.71 bits per heavy atom. The first kappa shape index (κ1) is 23.8. The summed E-state index contributed by atoms with van der Waals surface area (Å²) >= 11 is 0. The van der Waals surface area contributed by atoms with Crippen LogP contribution in [-0.4, -0.2) is 98.7 Å². The van der Waals surface area contributed by atoms with E-state index in [1.807, 2.05) is 29.8 Å². The number of para-hydroxylation sites is 2. The Labute approximate surface area is 221 Å². The van der Waals surface area contributed by atoms with Crippen LogP contribution >= 0.6 is 0 Å². The number of hydrogen-bond acceptors (Lipinski definition) is 9. The first-order valence-corrected chi connectivity index (χ1v) is 13.7. The van der Waals surface area contributed by atoms with Crippen molar-refractivity contribution >= 4 is 28.0 Å². The molecule has 0 radical (unpaired) electrons. The molecule has 11 heteroatoms. The minimum absolute atomic E-state index is 0.122. The number of aromatic nitrogens is 6. The molecule has 0 aliphatic carbocycles. The summed E-state index contributed by atoms with van der Waals surface area (Å²) in [5.74, 6) is 2.35. The predicted molar refractivity (Wildman–Crippen MR) is 143 cm³/mol. The van der Waals surface area contributed by atoms with E-state index < -0.39 is 0 Å². The van der Waals surface area contributed by atoms with Gasteiger partial charge in [0.2, 0.25) is 5.95 Å². The van der Waals surface area contributed by atoms with Crippen LogP contribution in [0.5, 0.6) is 6.01 Å². The van der Waals surface area contributed by atoms with E-state index in [1.165, 1.54) is 0 Å². The van der Waals surface area contributed by atoms with Gasteiger partial charge in [0.05, 0.1) is 24.2 Å². The third kappa shape index (κ3) is 4.09. The molecule has 0 unspecified atom stereocenters. The molecule has 4 aromatic rings. The van der Waals surface area contributed by atoms with Crippen molar-refractivity contribution in [3.05, 3.63) is 30.1 Å². The molecule has 3 aliphatic rings. The zero-order chi connectivity index (χ0) is 25.6. The number of hydrogen-bond donors (Lipinski definition) is 0. The van der Waals surface area contributed by atoms with Gasteiger partial charge in [-0.3, -0.25) is 14.0 Å². The highest BCUT2D eigenvalue weighted by molar-refractivity contribution is 5.86. The molecule has 0 saturated carbocycles. The number of imidazole rings is 2. The number of fused-ring (bicyclic) bond motifs is 2. The molecule has 3 aliphatic heterocycles. The number of nitrogens with zero attached hydrogens (tertiary/aromatic N) is 8. The molecule has 0 amide bonds. The monoisotopic (exact) mass is 518 g/mol. The van der Waals surface area contributed by atoms with Crippen LogP contribution in [0.4, 0.5) is 5.82 Å². The Morgan fingerprint density at radius 1 is 0.947 bits per heavy atom. The molecular weight excluding hydrogens is 484 g/mol. The standard InChI is InChI=1S/C27H34N8O3/c1-3-22-28-20-6-4-5-7-21(20)35(22)26-30-24-23(25(31-26)33-10-14-37-15-11-33)29-27(32(24)2)38-19-16-34(17-19)18-8-12-36-13-9-18/h4-7,18-19H,3,8-17H2,1-2H3. The van der Waals surface area contributed by atoms with Gasteiger partial charge >= 0.3 is 0 Å². The number of morpholine rings is 1. The van der Waals surface area contributed by atoms with E-state index in [-0.39, 0.29) is 6.10 Å². The quantitative estimate of drug-likeness (QED) is 0.381. The second kappa shape index (κ2) is 9.79. The van der Waals surface area contributed by atoms with E-state index in [1.54, 1.807) is 0 Å². The van der Waals surface area contributed by atoms with E-state index >= 15 is 0 Å². The highest BCUT2D eigenvalue weighted by Crippen LogP contribution is 2.31. The number of rotatable bonds is 6. The van der Waals surface area contributed by atoms with Crippen molar-refractivity contribution in [1.82, 2.24) is 34.0 Å². The molecule has 3 aromatic heterocycles. The lowest BCUT2D eigenvalue weighted by molar-refractivity contribution is -0.0488. The second-order valence-corrected chi connectivity index (χ2v) is 10.3. The van der Waals surface area contributed by atoms with Crippen molar-refractivity contribution in [2.75, 3.05) is 57.5 Å². The van der Waals surface area contributed by atoms with Crippen LogP contribution in [-0.2, 0) is 22.9 Å². The molecule has 0 N–H and O–H groups in total. The Balaban J connectivity index is 1.26. The van der Waals surface area contributed by atoms with Gasteiger partial charge in [-0.1, -0.05) is 19.1 Å². The summed E-state index contributed by atoms with van der Waals surface area (Å²) in [4.78, 5) is 24.7. The van der Waals surface area contributed by atoms with Crippen molar-refractivity contribution in [2.24, 2.45) is 7.05 Å². The Hall–Kier alpha value is -3.28. The highest BCUT2D eigenvalue weighted by Gasteiger charge is 2.36. The van der Waals surface area contributed by atoms with Crippen LogP contribution in [0.25, 0.3) is 28.1 Å². The van der Waals surface area contributed by atoms with Crippen LogP contribution in [0, 0.1) is 0 Å². The van der Waals surface area contributed by atoms with Gasteiger partial charge in [-0.25, -0.2) is 4.98 Å². The lowest BCUT2D eigenvalue weighted by Crippen LogP contribution is -2.58. The summed E-state index contributed by atoms with van der Waals surface area (Å²) in [5.41, 5.74) is 3.45. The lowest BCUT2D eigenvalue weighted by Gasteiger charge is -2.44. The van der Waals surface area contributed by atoms with Gasteiger partial charge in [0.15, 0.2) is 17.0 Å². The molecular formula is C27H34N8O3. The molecule has 6 heterocycles. The van der Waals surface area contributed by atoms with Crippen LogP contribution < -0.4 is 9.64 Å². The molecule has 3 saturated heterocycles. The first-order chi connectivity index (χ1) is 18.7. The van der Waals surface area contributed by atoms with Gasteiger partial charge in [-0.05, 0) is 25.0 Å². The van der Waals surface area contributed by atoms with Crippen molar-refractivity contribution in [2.45, 2.75) is 38.3 Å². The largest absolute Gasteiger partial charge is 0.459 e. The third-order valence-corrected chi connectivity index (χ3v) is 7.96. The summed E-state index contributed by atoms with van der Waals surface area (Å²) < 4.78 is 21.6. The Bertz CT molecular complexity index is 1450. The Morgan fingerprint density at radius 3 is 2.50 bits per heavy atom. The average Bonchev–Trinajstić information content (AvgIpc) is 3.48. The maximum absolute atomic E-state index is 6.42. The zero-order valence-corrected chi connectivity index (χ0v) is 22.0. The second-order valence-electron chi connectivity index (χ2n) is 10.3. The van der Waals surface area contributed by atoms with Gasteiger partial charge < -0.3 is 19.1 Å². The van der Waals surface area contributed by atoms with Crippen LogP contribution in [0.1, 0.15) is 25.6 Å². The molecule has 0 atom stereocenters. The van der Waals surface area contributed by atoms with Crippen LogP contribution in [0.15, 0.2) is 24.3 Å². The first-order valence-electron chi connectivity index (χ1n) is 13.7. The maximum Gasteiger partial charge on any atom is 0.298 e. The van der Waals surface area contributed by atoms with E-state index in [2.05, 4.69) is 27.4 Å². The predicted octanol–water partition coefficient (Wildman–Crippen LogP) is 2.34. The zero-order valence-electron chi connectivity index (χ0n) is 22.0. The van der Waals surface area contributed by atoms with E-state index in [9.17, 15) is 0 Å². The minimum Gasteiger partial charge on any atom is -0.459 e. The fraction of sp³-hybridized carbons (Fsp3) is 0.556. The third-order valence-electron chi connectivity index (χ3n) is 7.96. The molecule has 0 bridgehead atoms. The van der Waals surface area contributed by atoms with Crippen molar-refractivity contribution in [3.8, 4) is 12.0 Å². The summed E-state index contributed by atoms with van der Waals surface area (Å²) in [6.07, 6.45) is 3.09.